The summed E-state index contributed by atoms with van der Waals surface area (Å²) in [6.45, 7) is 0.882. The van der Waals surface area contributed by atoms with E-state index in [1.165, 1.54) is 31.2 Å². The lowest BCUT2D eigenvalue weighted by Crippen LogP contribution is -2.55. The highest BCUT2D eigenvalue weighted by Gasteiger charge is 2.28. The minimum absolute atomic E-state index is 0.110. The normalized spacial score (nSPS) is 13.9. The van der Waals surface area contributed by atoms with Gasteiger partial charge in [-0.15, -0.1) is 0 Å². The molecule has 16 heteroatoms. The predicted octanol–water partition coefficient (Wildman–Crippen LogP) is -2.43. The van der Waals surface area contributed by atoms with Crippen LogP contribution >= 0.6 is 11.8 Å². The molecular weight excluding hydrogens is 510 g/mol. The van der Waals surface area contributed by atoms with E-state index in [0.29, 0.717) is 17.9 Å². The number of hydrogen-bond acceptors (Lipinski definition) is 9. The van der Waals surface area contributed by atoms with E-state index in [0.717, 1.165) is 0 Å². The van der Waals surface area contributed by atoms with Crippen LogP contribution < -0.4 is 27.0 Å². The van der Waals surface area contributed by atoms with Crippen molar-refractivity contribution in [2.24, 2.45) is 5.73 Å². The number of nitrogens with zero attached hydrogens (tertiary/aromatic N) is 1. The number of carbonyl (C=O) groups excluding carboxylic acids is 4. The van der Waals surface area contributed by atoms with E-state index in [4.69, 9.17) is 10.8 Å². The Hall–Kier alpha value is -3.66. The molecule has 0 aliphatic heterocycles. The summed E-state index contributed by atoms with van der Waals surface area (Å²) in [5.41, 5.74) is 6.15. The highest BCUT2D eigenvalue weighted by atomic mass is 32.2. The molecule has 15 nitrogen and oxygen atoms in total. The average Bonchev–Trinajstić information content (AvgIpc) is 3.35. The number of nitrogens with two attached hydrogens (primary N) is 1. The monoisotopic (exact) mass is 543 g/mol. The number of aromatic nitrogens is 2. The van der Waals surface area contributed by atoms with Crippen LogP contribution in [0.2, 0.25) is 0 Å². The van der Waals surface area contributed by atoms with Crippen molar-refractivity contribution in [3.05, 3.63) is 18.2 Å². The molecule has 0 aliphatic rings. The van der Waals surface area contributed by atoms with Crippen molar-refractivity contribution in [2.75, 3.05) is 18.6 Å². The third-order valence-electron chi connectivity index (χ3n) is 5.03. The maximum absolute atomic E-state index is 12.7. The van der Waals surface area contributed by atoms with Gasteiger partial charge in [0.25, 0.3) is 0 Å². The number of aromatic amines is 1. The Labute approximate surface area is 217 Å². The highest BCUT2D eigenvalue weighted by molar-refractivity contribution is 7.98. The molecule has 4 amide bonds. The number of thioether (sulfide) groups is 1. The summed E-state index contributed by atoms with van der Waals surface area (Å²) < 4.78 is 0. The van der Waals surface area contributed by atoms with Crippen molar-refractivity contribution in [3.63, 3.8) is 0 Å². The van der Waals surface area contributed by atoms with Crippen molar-refractivity contribution in [1.29, 1.82) is 0 Å². The first-order valence-electron chi connectivity index (χ1n) is 11.3. The first-order valence-corrected chi connectivity index (χ1v) is 12.7. The zero-order valence-corrected chi connectivity index (χ0v) is 21.3. The molecule has 206 valence electrons. The van der Waals surface area contributed by atoms with E-state index >= 15 is 0 Å². The molecule has 0 aromatic carbocycles. The summed E-state index contributed by atoms with van der Waals surface area (Å²) in [5.74, 6) is -4.80. The molecule has 0 spiro atoms. The number of nitrogens with one attached hydrogen (secondary N) is 5. The minimum Gasteiger partial charge on any atom is -0.481 e. The number of carbonyl (C=O) groups is 6. The lowest BCUT2D eigenvalue weighted by Gasteiger charge is -2.21. The lowest BCUT2D eigenvalue weighted by molar-refractivity contribution is -0.143. The highest BCUT2D eigenvalue weighted by Crippen LogP contribution is 2.03. The van der Waals surface area contributed by atoms with Crippen LogP contribution in [0.1, 0.15) is 31.9 Å². The lowest BCUT2D eigenvalue weighted by atomic mass is 10.1. The topological polar surface area (TPSA) is 246 Å². The second-order valence-electron chi connectivity index (χ2n) is 8.05. The van der Waals surface area contributed by atoms with E-state index in [9.17, 15) is 33.9 Å². The van der Waals surface area contributed by atoms with Crippen molar-refractivity contribution in [2.45, 2.75) is 56.8 Å². The molecule has 0 saturated heterocycles. The van der Waals surface area contributed by atoms with Gasteiger partial charge in [0.1, 0.15) is 18.1 Å². The zero-order chi connectivity index (χ0) is 28.0. The molecule has 0 unspecified atom stereocenters. The van der Waals surface area contributed by atoms with Crippen LogP contribution in [0.3, 0.4) is 0 Å². The van der Waals surface area contributed by atoms with Crippen LogP contribution in [0.25, 0.3) is 0 Å². The number of carboxylic acids is 2. The van der Waals surface area contributed by atoms with Crippen LogP contribution in [0.15, 0.2) is 12.5 Å². The molecule has 1 heterocycles. The van der Waals surface area contributed by atoms with Crippen LogP contribution in [-0.2, 0) is 35.2 Å². The molecule has 1 aromatic rings. The third-order valence-corrected chi connectivity index (χ3v) is 5.67. The Morgan fingerprint density at radius 3 is 2.30 bits per heavy atom. The van der Waals surface area contributed by atoms with Gasteiger partial charge in [0.2, 0.25) is 23.6 Å². The molecular formula is C21H33N7O8S. The van der Waals surface area contributed by atoms with Crippen molar-refractivity contribution in [3.8, 4) is 0 Å². The number of carboxylic acid groups (broad SMARTS) is 2. The van der Waals surface area contributed by atoms with E-state index in [1.54, 1.807) is 0 Å². The van der Waals surface area contributed by atoms with Crippen molar-refractivity contribution in [1.82, 2.24) is 31.2 Å². The fourth-order valence-corrected chi connectivity index (χ4v) is 3.44. The van der Waals surface area contributed by atoms with Gasteiger partial charge in [0.05, 0.1) is 24.6 Å². The van der Waals surface area contributed by atoms with Crippen molar-refractivity contribution < 1.29 is 39.0 Å². The Kier molecular flexibility index (Phi) is 13.7. The Morgan fingerprint density at radius 2 is 1.73 bits per heavy atom. The molecule has 1 aromatic heterocycles. The summed E-state index contributed by atoms with van der Waals surface area (Å²) in [7, 11) is 0. The number of aliphatic carboxylic acids is 2. The van der Waals surface area contributed by atoms with Crippen molar-refractivity contribution >= 4 is 47.3 Å². The summed E-state index contributed by atoms with van der Waals surface area (Å²) in [6.07, 6.45) is 4.17. The fourth-order valence-electron chi connectivity index (χ4n) is 2.95. The minimum atomic E-state index is -1.49. The van der Waals surface area contributed by atoms with Gasteiger partial charge in [-0.3, -0.25) is 24.0 Å². The van der Waals surface area contributed by atoms with E-state index in [-0.39, 0.29) is 12.8 Å². The second kappa shape index (κ2) is 16.2. The molecule has 0 saturated carbocycles. The molecule has 37 heavy (non-hydrogen) atoms. The van der Waals surface area contributed by atoms with Gasteiger partial charge in [-0.1, -0.05) is 0 Å². The third kappa shape index (κ3) is 12.2. The standard InChI is InChI=1S/C21H33N7O8S/c1-11(26-19(33)13(22)5-6-37-2)18(32)24-9-16(29)27-15(7-12-8-23-10-25-12)20(34)28-14(21(35)36)3-4-17(30)31/h8,10-11,13-15H,3-7,9,22H2,1-2H3,(H,23,25)(H,24,32)(H,26,33)(H,27,29)(H,28,34)(H,30,31)(H,35,36)/t11-,13-,14-,15-/m0/s1. The Morgan fingerprint density at radius 1 is 1.03 bits per heavy atom. The maximum atomic E-state index is 12.7. The molecule has 1 rings (SSSR count). The fraction of sp³-hybridized carbons (Fsp3) is 0.571. The molecule has 0 fully saturated rings. The zero-order valence-electron chi connectivity index (χ0n) is 20.5. The van der Waals surface area contributed by atoms with Crippen LogP contribution in [0.5, 0.6) is 0 Å². The van der Waals surface area contributed by atoms with Gasteiger partial charge in [-0.05, 0) is 31.8 Å². The number of imidazole rings is 1. The molecule has 0 aliphatic carbocycles. The second-order valence-corrected chi connectivity index (χ2v) is 9.04. The smallest absolute Gasteiger partial charge is 0.326 e. The molecule has 0 radical (unpaired) electrons. The Bertz CT molecular complexity index is 943. The molecule has 4 atom stereocenters. The van der Waals surface area contributed by atoms with Gasteiger partial charge < -0.3 is 42.2 Å². The van der Waals surface area contributed by atoms with Crippen LogP contribution in [-0.4, -0.2) is 98.5 Å². The summed E-state index contributed by atoms with van der Waals surface area (Å²) in [5, 5.41) is 27.5. The van der Waals surface area contributed by atoms with Gasteiger partial charge in [0, 0.05) is 19.0 Å². The number of H-pyrrole nitrogens is 1. The van der Waals surface area contributed by atoms with Gasteiger partial charge in [-0.2, -0.15) is 11.8 Å². The first-order chi connectivity index (χ1) is 17.4. The number of hydrogen-bond donors (Lipinski definition) is 8. The largest absolute Gasteiger partial charge is 0.481 e. The van der Waals surface area contributed by atoms with E-state index < -0.39 is 72.7 Å². The summed E-state index contributed by atoms with van der Waals surface area (Å²) in [4.78, 5) is 78.4. The van der Waals surface area contributed by atoms with Crippen LogP contribution in [0, 0.1) is 0 Å². The van der Waals surface area contributed by atoms with E-state index in [2.05, 4.69) is 31.2 Å². The van der Waals surface area contributed by atoms with Gasteiger partial charge in [0.15, 0.2) is 0 Å². The SMILES string of the molecule is CSCC[C@H](N)C(=O)N[C@@H](C)C(=O)NCC(=O)N[C@@H](Cc1c[nH]cn1)C(=O)N[C@@H](CCC(=O)O)C(=O)O. The average molecular weight is 544 g/mol. The number of rotatable bonds is 17. The summed E-state index contributed by atoms with van der Waals surface area (Å²) >= 11 is 1.53. The van der Waals surface area contributed by atoms with Gasteiger partial charge in [-0.25, -0.2) is 9.78 Å². The Balaban J connectivity index is 2.72. The maximum Gasteiger partial charge on any atom is 0.326 e. The quantitative estimate of drug-likeness (QED) is 0.103. The van der Waals surface area contributed by atoms with Crippen LogP contribution in [0.4, 0.5) is 0 Å². The first kappa shape index (κ1) is 31.4. The molecule has 0 bridgehead atoms. The van der Waals surface area contributed by atoms with E-state index in [1.807, 2.05) is 6.26 Å². The van der Waals surface area contributed by atoms with Gasteiger partial charge >= 0.3 is 11.9 Å². The predicted molar refractivity (Wildman–Crippen MR) is 132 cm³/mol. The molecule has 9 N–H and O–H groups in total. The summed E-state index contributed by atoms with van der Waals surface area (Å²) in [6, 6.07) is -4.52. The number of amides is 4.